The maximum atomic E-state index is 10.4. The molecule has 0 saturated heterocycles. The van der Waals surface area contributed by atoms with Crippen molar-refractivity contribution in [2.45, 2.75) is 0 Å². The molecule has 54 heteroatoms. The zero-order valence-corrected chi connectivity index (χ0v) is 61.7. The number of hydrogen-bond acceptors (Lipinski definition) is 18. The Kier molecular flexibility index (Phi) is 63.0. The molecule has 42 nitrogen and oxygen atoms in total. The van der Waals surface area contributed by atoms with Gasteiger partial charge < -0.3 is 54.8 Å². The molecule has 0 amide bonds. The molecule has 12 aromatic rings. The Morgan fingerprint density at radius 1 is 0.176 bits per heavy atom. The summed E-state index contributed by atoms with van der Waals surface area (Å²) in [6.45, 7) is 0. The van der Waals surface area contributed by atoms with Crippen LogP contribution >= 0.6 is 47.4 Å². The van der Waals surface area contributed by atoms with Gasteiger partial charge in [0.25, 0.3) is 0 Å². The summed E-state index contributed by atoms with van der Waals surface area (Å²) in [6.07, 6.45) is 64.7. The van der Waals surface area contributed by atoms with Crippen molar-refractivity contribution >= 4 is 47.4 Å². The number of nitrogens with zero attached hydrogens (tertiary/aromatic N) is 24. The van der Waals surface area contributed by atoms with Gasteiger partial charge in [0.15, 0.2) is 0 Å². The topological polar surface area (TPSA) is 559 Å². The third-order valence-electron chi connectivity index (χ3n) is 7.64. The van der Waals surface area contributed by atoms with Crippen LogP contribution in [0.25, 0.3) is 0 Å². The first kappa shape index (κ1) is 104. The van der Waals surface area contributed by atoms with Crippen molar-refractivity contribution in [1.29, 1.82) is 0 Å². The Bertz CT molecular complexity index is 2970. The van der Waals surface area contributed by atoms with Crippen molar-refractivity contribution in [1.82, 2.24) is 115 Å². The normalized spacial score (nSPS) is 9.71. The molecule has 102 heavy (non-hydrogen) atoms. The first-order chi connectivity index (χ1) is 46.7. The number of aryl methyl sites for hydroxylation is 12. The van der Waals surface area contributed by atoms with Crippen LogP contribution in [-0.4, -0.2) is 173 Å². The van der Waals surface area contributed by atoms with Gasteiger partial charge in [-0.1, -0.05) is 0 Å². The van der Waals surface area contributed by atoms with Gasteiger partial charge in [0, 0.05) is 233 Å². The second kappa shape index (κ2) is 61.8. The van der Waals surface area contributed by atoms with Crippen molar-refractivity contribution in [3.05, 3.63) is 225 Å². The van der Waals surface area contributed by atoms with E-state index in [0.717, 1.165) is 0 Å². The lowest BCUT2D eigenvalue weighted by Crippen LogP contribution is -1.76. The van der Waals surface area contributed by atoms with Gasteiger partial charge in [0.2, 0.25) is 0 Å². The van der Waals surface area contributed by atoms with E-state index in [4.69, 9.17) is 86.1 Å². The van der Waals surface area contributed by atoms with Crippen molar-refractivity contribution < 1.29 is 111 Å². The summed E-state index contributed by atoms with van der Waals surface area (Å²) in [5.74, 6) is 0. The minimum Gasteiger partial charge on any atom is -0.341 e. The van der Waals surface area contributed by atoms with Gasteiger partial charge in [-0.2, -0.15) is 0 Å². The Labute approximate surface area is 580 Å². The van der Waals surface area contributed by atoms with Crippen LogP contribution in [-0.2, 0) is 112 Å². The van der Waals surface area contributed by atoms with E-state index >= 15 is 0 Å². The molecule has 0 aliphatic rings. The van der Waals surface area contributed by atoms with E-state index in [1.54, 1.807) is 150 Å². The highest BCUT2D eigenvalue weighted by molar-refractivity contribution is 7.47. The van der Waals surface area contributed by atoms with E-state index in [1.165, 1.54) is 0 Å². The van der Waals surface area contributed by atoms with E-state index in [9.17, 15) is 25.2 Å². The summed E-state index contributed by atoms with van der Waals surface area (Å²) in [4.78, 5) is 129. The zero-order chi connectivity index (χ0) is 79.9. The van der Waals surface area contributed by atoms with Crippen molar-refractivity contribution in [3.8, 4) is 0 Å². The summed E-state index contributed by atoms with van der Waals surface area (Å²) in [6, 6.07) is 0. The predicted molar refractivity (Wildman–Crippen MR) is 357 cm³/mol. The van der Waals surface area contributed by atoms with Crippen molar-refractivity contribution in [2.24, 2.45) is 84.6 Å². The van der Waals surface area contributed by atoms with Crippen LogP contribution in [0.2, 0.25) is 0 Å². The summed E-state index contributed by atoms with van der Waals surface area (Å²) in [5, 5.41) is 0. The monoisotopic (exact) mass is 1580 g/mol. The molecule has 0 radical (unpaired) electrons. The fourth-order valence-corrected chi connectivity index (χ4v) is 3.91. The maximum Gasteiger partial charge on any atom is 0.507 e. The van der Waals surface area contributed by atoms with Crippen LogP contribution in [0.5, 0.6) is 0 Å². The number of halogens is 6. The molecule has 0 unspecified atom stereocenters. The lowest BCUT2D eigenvalue weighted by molar-refractivity contribution is 0.320. The maximum absolute atomic E-state index is 10.4. The van der Waals surface area contributed by atoms with Crippen LogP contribution in [0.3, 0.4) is 0 Å². The highest BCUT2D eigenvalue weighted by atomic mass is 31.2. The standard InChI is InChI=1S/12C4H6N2.6FH2O3P/c12*1-6-3-2-5-4-6;6*1-5(2,3)4/h12*2-4H,1H3;6*(H2,2,3,4). The molecule has 12 heterocycles. The van der Waals surface area contributed by atoms with Crippen LogP contribution in [0.4, 0.5) is 25.2 Å². The lowest BCUT2D eigenvalue weighted by Gasteiger charge is -1.78. The average molecular weight is 1590 g/mol. The summed E-state index contributed by atoms with van der Waals surface area (Å²) >= 11 is 0. The van der Waals surface area contributed by atoms with Gasteiger partial charge in [-0.15, -0.1) is 25.2 Å². The molecule has 0 spiro atoms. The smallest absolute Gasteiger partial charge is 0.341 e. The highest BCUT2D eigenvalue weighted by Gasteiger charge is 2.07. The van der Waals surface area contributed by atoms with Gasteiger partial charge in [0.1, 0.15) is 0 Å². The van der Waals surface area contributed by atoms with Crippen LogP contribution in [0.15, 0.2) is 225 Å². The van der Waals surface area contributed by atoms with E-state index in [1.807, 2.05) is 214 Å². The first-order valence-electron chi connectivity index (χ1n) is 26.3. The number of rotatable bonds is 0. The Morgan fingerprint density at radius 2 is 0.225 bits per heavy atom. The fourth-order valence-electron chi connectivity index (χ4n) is 3.91. The van der Waals surface area contributed by atoms with E-state index in [0.29, 0.717) is 0 Å². The van der Waals surface area contributed by atoms with Crippen molar-refractivity contribution in [3.63, 3.8) is 0 Å². The van der Waals surface area contributed by atoms with Crippen LogP contribution < -0.4 is 0 Å². The fraction of sp³-hybridized carbons (Fsp3) is 0.250. The molecule has 12 rings (SSSR count). The van der Waals surface area contributed by atoms with E-state index in [-0.39, 0.29) is 0 Å². The number of imidazole rings is 12. The van der Waals surface area contributed by atoms with Gasteiger partial charge in [-0.3, -0.25) is 58.7 Å². The minimum absolute atomic E-state index is 1.75. The van der Waals surface area contributed by atoms with E-state index < -0.39 is 47.4 Å². The average Bonchev–Trinajstić information content (AvgIpc) is 2.56. The molecule has 576 valence electrons. The molecule has 0 atom stereocenters. The summed E-state index contributed by atoms with van der Waals surface area (Å²) in [5.41, 5.74) is 0. The quantitative estimate of drug-likeness (QED) is 0.0674. The first-order valence-corrected chi connectivity index (χ1v) is 35.3. The Hall–Kier alpha value is -9.00. The lowest BCUT2D eigenvalue weighted by atomic mass is 10.9. The second-order valence-corrected chi connectivity index (χ2v) is 23.3. The number of aromatic nitrogens is 24. The Morgan fingerprint density at radius 3 is 0.235 bits per heavy atom. The molecule has 12 N–H and O–H groups in total. The molecule has 0 aliphatic carbocycles. The SMILES string of the molecule is Cn1ccnc1.Cn1ccnc1.Cn1ccnc1.Cn1ccnc1.Cn1ccnc1.Cn1ccnc1.Cn1ccnc1.Cn1ccnc1.Cn1ccnc1.Cn1ccnc1.Cn1ccnc1.Cn1ccnc1.O=P(O)(O)F.O=P(O)(O)F.O=P(O)(O)F.O=P(O)(O)F.O=P(O)(O)F.O=P(O)(O)F. The van der Waals surface area contributed by atoms with Crippen molar-refractivity contribution in [2.75, 3.05) is 0 Å². The van der Waals surface area contributed by atoms with Crippen LogP contribution in [0, 0.1) is 0 Å². The molecule has 0 saturated carbocycles. The largest absolute Gasteiger partial charge is 0.507 e. The molecule has 12 aromatic heterocycles. The molecule has 0 aromatic carbocycles. The van der Waals surface area contributed by atoms with E-state index in [2.05, 4.69) is 59.8 Å². The molecule has 0 bridgehead atoms. The molecular weight excluding hydrogens is 1500 g/mol. The third kappa shape index (κ3) is 131. The molecule has 0 fully saturated rings. The second-order valence-electron chi connectivity index (χ2n) is 17.6. The third-order valence-corrected chi connectivity index (χ3v) is 7.64. The predicted octanol–water partition coefficient (Wildman–Crippen LogP) is 5.33. The summed E-state index contributed by atoms with van der Waals surface area (Å²) < 4.78 is 137. The molecular formula is C48H84F6N24O18P6. The van der Waals surface area contributed by atoms with Gasteiger partial charge in [-0.05, 0) is 0 Å². The number of hydrogen-bond donors (Lipinski definition) is 12. The molecule has 0 aliphatic heterocycles. The van der Waals surface area contributed by atoms with Crippen LogP contribution in [0.1, 0.15) is 0 Å². The summed E-state index contributed by atoms with van der Waals surface area (Å²) in [7, 11) is -7.58. The van der Waals surface area contributed by atoms with Gasteiger partial charge in [-0.25, -0.2) is 87.2 Å². The van der Waals surface area contributed by atoms with Gasteiger partial charge in [0.05, 0.1) is 75.9 Å². The highest BCUT2D eigenvalue weighted by Crippen LogP contribution is 2.37. The Balaban J connectivity index is -0.000000239. The van der Waals surface area contributed by atoms with Gasteiger partial charge >= 0.3 is 47.4 Å². The zero-order valence-electron chi connectivity index (χ0n) is 56.3. The minimum atomic E-state index is -5.14.